The van der Waals surface area contributed by atoms with E-state index in [1.165, 1.54) is 32.1 Å². The lowest BCUT2D eigenvalue weighted by Gasteiger charge is -2.25. The largest absolute Gasteiger partial charge is 0.469 e. The highest BCUT2D eigenvalue weighted by molar-refractivity contribution is 7.98. The van der Waals surface area contributed by atoms with Crippen molar-refractivity contribution in [3.8, 4) is 0 Å². The van der Waals surface area contributed by atoms with Crippen molar-refractivity contribution < 1.29 is 4.42 Å². The van der Waals surface area contributed by atoms with Gasteiger partial charge in [0.1, 0.15) is 5.76 Å². The van der Waals surface area contributed by atoms with Crippen molar-refractivity contribution in [2.75, 3.05) is 25.1 Å². The predicted molar refractivity (Wildman–Crippen MR) is 91.1 cm³/mol. The molecule has 1 aromatic rings. The van der Waals surface area contributed by atoms with Crippen molar-refractivity contribution in [3.05, 3.63) is 24.2 Å². The summed E-state index contributed by atoms with van der Waals surface area (Å²) in [6.45, 7) is 1.72. The van der Waals surface area contributed by atoms with Crippen LogP contribution in [-0.2, 0) is 6.42 Å². The predicted octanol–water partition coefficient (Wildman–Crippen LogP) is 3.05. The third-order valence-electron chi connectivity index (χ3n) is 3.76. The van der Waals surface area contributed by atoms with Gasteiger partial charge >= 0.3 is 0 Å². The van der Waals surface area contributed by atoms with Gasteiger partial charge in [-0.15, -0.1) is 0 Å². The van der Waals surface area contributed by atoms with Gasteiger partial charge in [-0.25, -0.2) is 0 Å². The molecule has 21 heavy (non-hydrogen) atoms. The van der Waals surface area contributed by atoms with E-state index >= 15 is 0 Å². The van der Waals surface area contributed by atoms with E-state index in [1.807, 2.05) is 23.9 Å². The van der Waals surface area contributed by atoms with Crippen LogP contribution in [0.25, 0.3) is 0 Å². The number of nitrogens with one attached hydrogen (secondary N) is 2. The Morgan fingerprint density at radius 3 is 2.95 bits per heavy atom. The molecule has 0 aliphatic heterocycles. The van der Waals surface area contributed by atoms with Crippen LogP contribution in [0.5, 0.6) is 0 Å². The molecule has 1 aromatic heterocycles. The molecule has 1 heterocycles. The first-order valence-corrected chi connectivity index (χ1v) is 9.34. The molecule has 118 valence electrons. The summed E-state index contributed by atoms with van der Waals surface area (Å²) < 4.78 is 5.36. The lowest BCUT2D eigenvalue weighted by Crippen LogP contribution is -2.45. The summed E-state index contributed by atoms with van der Waals surface area (Å²) in [6.07, 6.45) is 11.3. The van der Waals surface area contributed by atoms with Gasteiger partial charge in [0.2, 0.25) is 0 Å². The van der Waals surface area contributed by atoms with E-state index in [1.54, 1.807) is 6.26 Å². The molecule has 4 nitrogen and oxygen atoms in total. The normalized spacial score (nSPS) is 16.9. The van der Waals surface area contributed by atoms with Gasteiger partial charge in [0.05, 0.1) is 12.8 Å². The zero-order valence-electron chi connectivity index (χ0n) is 12.9. The molecule has 1 saturated carbocycles. The van der Waals surface area contributed by atoms with Crippen LogP contribution in [0.2, 0.25) is 0 Å². The van der Waals surface area contributed by atoms with Crippen LogP contribution >= 0.6 is 11.8 Å². The molecular weight excluding hydrogens is 282 g/mol. The Morgan fingerprint density at radius 2 is 2.24 bits per heavy atom. The topological polar surface area (TPSA) is 49.6 Å². The van der Waals surface area contributed by atoms with E-state index < -0.39 is 0 Å². The van der Waals surface area contributed by atoms with Crippen molar-refractivity contribution in [3.63, 3.8) is 0 Å². The number of hydrogen-bond donors (Lipinski definition) is 2. The van der Waals surface area contributed by atoms with Crippen LogP contribution in [0.4, 0.5) is 0 Å². The highest BCUT2D eigenvalue weighted by Gasteiger charge is 2.14. The molecular formula is C16H27N3OS. The first-order chi connectivity index (χ1) is 10.4. The number of nitrogens with zero attached hydrogens (tertiary/aromatic N) is 1. The number of rotatable bonds is 7. The quantitative estimate of drug-likeness (QED) is 0.462. The summed E-state index contributed by atoms with van der Waals surface area (Å²) in [7, 11) is 0. The zero-order chi connectivity index (χ0) is 14.8. The Balaban J connectivity index is 1.77. The van der Waals surface area contributed by atoms with Crippen LogP contribution < -0.4 is 10.6 Å². The minimum Gasteiger partial charge on any atom is -0.469 e. The molecule has 0 amide bonds. The molecule has 0 saturated heterocycles. The fourth-order valence-corrected chi connectivity index (χ4v) is 2.87. The average molecular weight is 309 g/mol. The first-order valence-electron chi connectivity index (χ1n) is 7.94. The SMILES string of the molecule is CSCCN=C(NCCc1ccco1)NC1CCCCC1. The maximum absolute atomic E-state index is 5.36. The Hall–Kier alpha value is -1.10. The third-order valence-corrected chi connectivity index (χ3v) is 4.35. The summed E-state index contributed by atoms with van der Waals surface area (Å²) >= 11 is 1.83. The van der Waals surface area contributed by atoms with E-state index in [-0.39, 0.29) is 0 Å². The molecule has 5 heteroatoms. The minimum absolute atomic E-state index is 0.586. The van der Waals surface area contributed by atoms with Crippen LogP contribution in [0.3, 0.4) is 0 Å². The van der Waals surface area contributed by atoms with Gasteiger partial charge in [-0.3, -0.25) is 4.99 Å². The molecule has 0 aromatic carbocycles. The number of aliphatic imine (C=N–C) groups is 1. The number of guanidine groups is 1. The second kappa shape index (κ2) is 9.77. The molecule has 1 fully saturated rings. The molecule has 0 bridgehead atoms. The smallest absolute Gasteiger partial charge is 0.191 e. The van der Waals surface area contributed by atoms with E-state index in [2.05, 4.69) is 21.9 Å². The van der Waals surface area contributed by atoms with Gasteiger partial charge in [0, 0.05) is 24.8 Å². The molecule has 2 N–H and O–H groups in total. The molecule has 0 spiro atoms. The first kappa shape index (κ1) is 16.3. The van der Waals surface area contributed by atoms with Crippen LogP contribution in [-0.4, -0.2) is 37.1 Å². The Labute approximate surface area is 132 Å². The summed E-state index contributed by atoms with van der Waals surface area (Å²) in [5.74, 6) is 3.04. The molecule has 0 radical (unpaired) electrons. The second-order valence-corrected chi connectivity index (χ2v) is 6.44. The van der Waals surface area contributed by atoms with Crippen molar-refractivity contribution in [1.29, 1.82) is 0 Å². The van der Waals surface area contributed by atoms with Gasteiger partial charge in [0.15, 0.2) is 5.96 Å². The highest BCUT2D eigenvalue weighted by atomic mass is 32.2. The molecule has 0 unspecified atom stereocenters. The molecule has 1 aliphatic carbocycles. The Bertz CT molecular complexity index is 400. The summed E-state index contributed by atoms with van der Waals surface area (Å²) in [4.78, 5) is 4.67. The Morgan fingerprint density at radius 1 is 1.38 bits per heavy atom. The maximum atomic E-state index is 5.36. The maximum Gasteiger partial charge on any atom is 0.191 e. The van der Waals surface area contributed by atoms with Crippen molar-refractivity contribution in [2.45, 2.75) is 44.6 Å². The molecule has 1 aliphatic rings. The van der Waals surface area contributed by atoms with Gasteiger partial charge < -0.3 is 15.1 Å². The average Bonchev–Trinajstić information content (AvgIpc) is 3.02. The summed E-state index contributed by atoms with van der Waals surface area (Å²) in [5, 5.41) is 7.03. The van der Waals surface area contributed by atoms with Gasteiger partial charge in [-0.1, -0.05) is 19.3 Å². The Kier molecular flexibility index (Phi) is 7.57. The zero-order valence-corrected chi connectivity index (χ0v) is 13.8. The van der Waals surface area contributed by atoms with Crippen molar-refractivity contribution in [1.82, 2.24) is 10.6 Å². The third kappa shape index (κ3) is 6.46. The summed E-state index contributed by atoms with van der Waals surface area (Å²) in [5.41, 5.74) is 0. The highest BCUT2D eigenvalue weighted by Crippen LogP contribution is 2.17. The minimum atomic E-state index is 0.586. The second-order valence-electron chi connectivity index (χ2n) is 5.46. The van der Waals surface area contributed by atoms with Crippen LogP contribution in [0.15, 0.2) is 27.8 Å². The van der Waals surface area contributed by atoms with E-state index in [0.717, 1.165) is 37.0 Å². The molecule has 2 rings (SSSR count). The van der Waals surface area contributed by atoms with Crippen LogP contribution in [0, 0.1) is 0 Å². The molecule has 0 atom stereocenters. The fraction of sp³-hybridized carbons (Fsp3) is 0.688. The standard InChI is InChI=1S/C16H27N3OS/c1-21-13-11-18-16(19-14-6-3-2-4-7-14)17-10-9-15-8-5-12-20-15/h5,8,12,14H,2-4,6-7,9-11,13H2,1H3,(H2,17,18,19). The van der Waals surface area contributed by atoms with E-state index in [4.69, 9.17) is 4.42 Å². The lowest BCUT2D eigenvalue weighted by atomic mass is 9.96. The van der Waals surface area contributed by atoms with Crippen molar-refractivity contribution >= 4 is 17.7 Å². The number of furan rings is 1. The monoisotopic (exact) mass is 309 g/mol. The van der Waals surface area contributed by atoms with E-state index in [0.29, 0.717) is 6.04 Å². The lowest BCUT2D eigenvalue weighted by molar-refractivity contribution is 0.409. The van der Waals surface area contributed by atoms with Gasteiger partial charge in [-0.05, 0) is 31.2 Å². The summed E-state index contributed by atoms with van der Waals surface area (Å²) in [6, 6.07) is 4.53. The number of hydrogen-bond acceptors (Lipinski definition) is 3. The number of thioether (sulfide) groups is 1. The fourth-order valence-electron chi connectivity index (χ4n) is 2.60. The van der Waals surface area contributed by atoms with Crippen molar-refractivity contribution in [2.24, 2.45) is 4.99 Å². The van der Waals surface area contributed by atoms with Crippen LogP contribution in [0.1, 0.15) is 37.9 Å². The van der Waals surface area contributed by atoms with Gasteiger partial charge in [-0.2, -0.15) is 11.8 Å². The van der Waals surface area contributed by atoms with Gasteiger partial charge in [0.25, 0.3) is 0 Å². The van der Waals surface area contributed by atoms with E-state index in [9.17, 15) is 0 Å².